The van der Waals surface area contributed by atoms with Crippen molar-refractivity contribution in [3.8, 4) is 0 Å². The van der Waals surface area contributed by atoms with Gasteiger partial charge in [-0.05, 0) is 31.6 Å². The lowest BCUT2D eigenvalue weighted by Crippen LogP contribution is -2.30. The second-order valence-electron chi connectivity index (χ2n) is 24.1. The summed E-state index contributed by atoms with van der Waals surface area (Å²) in [6, 6.07) is 0. The summed E-state index contributed by atoms with van der Waals surface area (Å²) in [5, 5.41) is 10.5. The van der Waals surface area contributed by atoms with Crippen molar-refractivity contribution in [2.24, 2.45) is 5.92 Å². The highest BCUT2D eigenvalue weighted by Gasteiger charge is 2.30. The molecule has 0 saturated carbocycles. The highest BCUT2D eigenvalue weighted by atomic mass is 31.2. The normalized spacial score (nSPS) is 14.5. The van der Waals surface area contributed by atoms with Gasteiger partial charge >= 0.3 is 39.5 Å². The van der Waals surface area contributed by atoms with E-state index in [2.05, 4.69) is 34.6 Å². The third-order valence-electron chi connectivity index (χ3n) is 15.6. The van der Waals surface area contributed by atoms with Crippen LogP contribution in [0, 0.1) is 5.92 Å². The number of aliphatic hydroxyl groups excluding tert-OH is 1. The molecule has 0 aliphatic heterocycles. The molecule has 0 aliphatic carbocycles. The van der Waals surface area contributed by atoms with Crippen LogP contribution in [-0.4, -0.2) is 96.7 Å². The van der Waals surface area contributed by atoms with Crippen LogP contribution in [0.1, 0.15) is 336 Å². The number of esters is 4. The highest BCUT2D eigenvalue weighted by Crippen LogP contribution is 2.45. The summed E-state index contributed by atoms with van der Waals surface area (Å²) < 4.78 is 67.8. The van der Waals surface area contributed by atoms with Gasteiger partial charge in [0.25, 0.3) is 0 Å². The maximum absolute atomic E-state index is 13.0. The summed E-state index contributed by atoms with van der Waals surface area (Å²) >= 11 is 0. The quantitative estimate of drug-likeness (QED) is 0.0222. The van der Waals surface area contributed by atoms with E-state index in [4.69, 9.17) is 37.0 Å². The average molecular weight is 1260 g/mol. The van der Waals surface area contributed by atoms with Crippen LogP contribution in [-0.2, 0) is 65.4 Å². The van der Waals surface area contributed by atoms with Crippen LogP contribution in [0.4, 0.5) is 0 Å². The van der Waals surface area contributed by atoms with Crippen molar-refractivity contribution in [2.45, 2.75) is 355 Å². The molecule has 0 aromatic heterocycles. The van der Waals surface area contributed by atoms with Crippen molar-refractivity contribution in [1.82, 2.24) is 0 Å². The van der Waals surface area contributed by atoms with Crippen LogP contribution < -0.4 is 0 Å². The molecule has 0 aliphatic rings. The molecule has 6 atom stereocenters. The maximum atomic E-state index is 13.0. The number of rotatable bonds is 66. The Hall–Kier alpha value is -1.94. The lowest BCUT2D eigenvalue weighted by atomic mass is 9.99. The van der Waals surface area contributed by atoms with Gasteiger partial charge in [-0.3, -0.25) is 37.3 Å². The summed E-state index contributed by atoms with van der Waals surface area (Å²) in [6.07, 6.45) is 45.0. The van der Waals surface area contributed by atoms with E-state index < -0.39 is 97.5 Å². The minimum absolute atomic E-state index is 0.104. The molecule has 0 rings (SSSR count). The van der Waals surface area contributed by atoms with Gasteiger partial charge in [0.1, 0.15) is 19.3 Å². The molecule has 0 aromatic rings. The number of phosphoric ester groups is 2. The fourth-order valence-electron chi connectivity index (χ4n) is 9.90. The van der Waals surface area contributed by atoms with Crippen LogP contribution in [0.15, 0.2) is 0 Å². The van der Waals surface area contributed by atoms with Crippen LogP contribution >= 0.6 is 15.6 Å². The number of aliphatic hydroxyl groups is 1. The summed E-state index contributed by atoms with van der Waals surface area (Å²) in [7, 11) is -9.88. The maximum Gasteiger partial charge on any atom is 0.472 e. The SMILES string of the molecule is CCCCCCCCCCCCCCCCCCCCCCC(=O)O[C@H](COC(=O)CCCCCCCCCCC(C)CC)COP(=O)(O)OC[C@@H](O)COP(=O)(O)OC[C@@H](COC(=O)CCCCCCC)OC(=O)CCCCCCCCCC. The molecule has 3 unspecified atom stereocenters. The Labute approximate surface area is 517 Å². The smallest absolute Gasteiger partial charge is 0.462 e. The summed E-state index contributed by atoms with van der Waals surface area (Å²) in [4.78, 5) is 71.9. The van der Waals surface area contributed by atoms with E-state index in [1.165, 1.54) is 148 Å². The van der Waals surface area contributed by atoms with Crippen molar-refractivity contribution >= 4 is 39.5 Å². The van der Waals surface area contributed by atoms with E-state index in [0.29, 0.717) is 25.7 Å². The number of ether oxygens (including phenoxy) is 4. The number of phosphoric acid groups is 2. The van der Waals surface area contributed by atoms with Gasteiger partial charge in [-0.25, -0.2) is 9.13 Å². The summed E-state index contributed by atoms with van der Waals surface area (Å²) in [6.45, 7) is 7.09. The van der Waals surface area contributed by atoms with Gasteiger partial charge in [0.2, 0.25) is 0 Å². The van der Waals surface area contributed by atoms with Crippen LogP contribution in [0.5, 0.6) is 0 Å². The Morgan fingerprint density at radius 2 is 0.565 bits per heavy atom. The van der Waals surface area contributed by atoms with E-state index >= 15 is 0 Å². The Morgan fingerprint density at radius 3 is 0.835 bits per heavy atom. The first-order valence-electron chi connectivity index (χ1n) is 34.7. The molecule has 0 fully saturated rings. The molecule has 0 bridgehead atoms. The molecule has 0 saturated heterocycles. The molecule has 0 spiro atoms. The van der Waals surface area contributed by atoms with Gasteiger partial charge in [0.05, 0.1) is 26.4 Å². The topological polar surface area (TPSA) is 237 Å². The molecule has 85 heavy (non-hydrogen) atoms. The molecule has 0 amide bonds. The number of hydrogen-bond donors (Lipinski definition) is 3. The third kappa shape index (κ3) is 59.5. The van der Waals surface area contributed by atoms with E-state index in [0.717, 1.165) is 109 Å². The molecule has 17 nitrogen and oxygen atoms in total. The molecule has 19 heteroatoms. The number of carbonyl (C=O) groups is 4. The third-order valence-corrected chi connectivity index (χ3v) is 17.5. The number of carbonyl (C=O) groups excluding carboxylic acids is 4. The predicted molar refractivity (Wildman–Crippen MR) is 340 cm³/mol. The Bertz CT molecular complexity index is 1650. The van der Waals surface area contributed by atoms with Crippen molar-refractivity contribution in [2.75, 3.05) is 39.6 Å². The Balaban J connectivity index is 5.10. The van der Waals surface area contributed by atoms with Gasteiger partial charge in [-0.2, -0.15) is 0 Å². The molecular weight excluding hydrogens is 1130 g/mol. The van der Waals surface area contributed by atoms with Crippen LogP contribution in [0.2, 0.25) is 0 Å². The van der Waals surface area contributed by atoms with Gasteiger partial charge < -0.3 is 33.8 Å². The zero-order chi connectivity index (χ0) is 62.8. The summed E-state index contributed by atoms with van der Waals surface area (Å²) in [5.74, 6) is -1.37. The second kappa shape index (κ2) is 59.7. The zero-order valence-electron chi connectivity index (χ0n) is 54.7. The van der Waals surface area contributed by atoms with E-state index in [1.807, 2.05) is 0 Å². The largest absolute Gasteiger partial charge is 0.472 e. The number of unbranched alkanes of at least 4 members (excludes halogenated alkanes) is 37. The first-order chi connectivity index (χ1) is 41.1. The van der Waals surface area contributed by atoms with Gasteiger partial charge in [-0.15, -0.1) is 0 Å². The van der Waals surface area contributed by atoms with Crippen molar-refractivity contribution < 1.29 is 80.2 Å². The fraction of sp³-hybridized carbons (Fsp3) is 0.939. The standard InChI is InChI=1S/C66H128O17P2/c1-6-10-13-16-18-20-21-22-23-24-25-26-27-28-29-30-31-37-42-47-52-66(71)83-62(56-77-64(69)50-45-40-36-33-32-34-39-43-48-59(5)9-4)58-81-85(74,75)79-54-60(67)53-78-84(72,73)80-57-61(55-76-63(68)49-44-38-15-12-8-3)82-65(70)51-46-41-35-19-17-14-11-7-2/h59-62,67H,6-58H2,1-5H3,(H,72,73)(H,74,75)/t59?,60-,61+,62+/m0/s1. The first kappa shape index (κ1) is 83.1. The van der Waals surface area contributed by atoms with Crippen molar-refractivity contribution in [1.29, 1.82) is 0 Å². The van der Waals surface area contributed by atoms with E-state index in [9.17, 15) is 43.2 Å². The first-order valence-corrected chi connectivity index (χ1v) is 37.7. The van der Waals surface area contributed by atoms with Crippen molar-refractivity contribution in [3.63, 3.8) is 0 Å². The lowest BCUT2D eigenvalue weighted by molar-refractivity contribution is -0.161. The minimum Gasteiger partial charge on any atom is -0.462 e. The highest BCUT2D eigenvalue weighted by molar-refractivity contribution is 7.47. The molecule has 504 valence electrons. The second-order valence-corrected chi connectivity index (χ2v) is 27.0. The average Bonchev–Trinajstić information content (AvgIpc) is 3.55. The molecule has 3 N–H and O–H groups in total. The zero-order valence-corrected chi connectivity index (χ0v) is 56.5. The van der Waals surface area contributed by atoms with E-state index in [1.54, 1.807) is 0 Å². The number of hydrogen-bond acceptors (Lipinski definition) is 15. The molecule has 0 radical (unpaired) electrons. The Morgan fingerprint density at radius 1 is 0.329 bits per heavy atom. The van der Waals surface area contributed by atoms with Gasteiger partial charge in [0.15, 0.2) is 12.2 Å². The Kier molecular flexibility index (Phi) is 58.3. The fourth-order valence-corrected chi connectivity index (χ4v) is 11.5. The molecular formula is C66H128O17P2. The molecule has 0 aromatic carbocycles. The molecule has 0 heterocycles. The minimum atomic E-state index is -4.94. The van der Waals surface area contributed by atoms with Gasteiger partial charge in [0, 0.05) is 25.7 Å². The van der Waals surface area contributed by atoms with Crippen LogP contribution in [0.25, 0.3) is 0 Å². The van der Waals surface area contributed by atoms with Crippen molar-refractivity contribution in [3.05, 3.63) is 0 Å². The summed E-state index contributed by atoms with van der Waals surface area (Å²) in [5.41, 5.74) is 0. The predicted octanol–water partition coefficient (Wildman–Crippen LogP) is 18.6. The van der Waals surface area contributed by atoms with Crippen LogP contribution in [0.3, 0.4) is 0 Å². The van der Waals surface area contributed by atoms with Gasteiger partial charge in [-0.1, -0.05) is 285 Å². The lowest BCUT2D eigenvalue weighted by Gasteiger charge is -2.21. The van der Waals surface area contributed by atoms with E-state index in [-0.39, 0.29) is 25.7 Å². The monoisotopic (exact) mass is 1250 g/mol.